The predicted octanol–water partition coefficient (Wildman–Crippen LogP) is 2.84. The molecule has 19 heavy (non-hydrogen) atoms. The lowest BCUT2D eigenvalue weighted by atomic mass is 10.0. The highest BCUT2D eigenvalue weighted by molar-refractivity contribution is 5.41. The van der Waals surface area contributed by atoms with E-state index in [1.165, 1.54) is 0 Å². The van der Waals surface area contributed by atoms with Gasteiger partial charge in [0.2, 0.25) is 0 Å². The minimum atomic E-state index is 0.162. The third-order valence-electron chi connectivity index (χ3n) is 3.15. The average Bonchev–Trinajstić information content (AvgIpc) is 2.91. The number of hydrogen-bond acceptors (Lipinski definition) is 4. The maximum absolute atomic E-state index is 6.03. The maximum Gasteiger partial charge on any atom is 0.174 e. The highest BCUT2D eigenvalue weighted by Gasteiger charge is 2.11. The number of aromatic nitrogens is 1. The molecule has 0 saturated heterocycles. The van der Waals surface area contributed by atoms with Gasteiger partial charge in [-0.3, -0.25) is 0 Å². The van der Waals surface area contributed by atoms with Crippen molar-refractivity contribution in [2.24, 2.45) is 5.73 Å². The van der Waals surface area contributed by atoms with Crippen molar-refractivity contribution in [1.29, 1.82) is 0 Å². The Morgan fingerprint density at radius 2 is 2.21 bits per heavy atom. The molecule has 4 heteroatoms. The number of ether oxygens (including phenoxy) is 1. The van der Waals surface area contributed by atoms with Gasteiger partial charge in [0.05, 0.1) is 6.20 Å². The van der Waals surface area contributed by atoms with Crippen LogP contribution in [-0.4, -0.2) is 11.2 Å². The van der Waals surface area contributed by atoms with E-state index in [1.807, 2.05) is 19.1 Å². The first-order valence-corrected chi connectivity index (χ1v) is 6.57. The van der Waals surface area contributed by atoms with Crippen molar-refractivity contribution in [2.75, 3.05) is 0 Å². The lowest BCUT2D eigenvalue weighted by Crippen LogP contribution is -2.21. The number of benzene rings is 1. The zero-order valence-electron chi connectivity index (χ0n) is 11.4. The zero-order valence-corrected chi connectivity index (χ0v) is 11.4. The molecule has 0 fully saturated rings. The van der Waals surface area contributed by atoms with E-state index < -0.39 is 0 Å². The Balaban J connectivity index is 2.13. The first-order valence-electron chi connectivity index (χ1n) is 6.57. The molecule has 0 saturated carbocycles. The Labute approximate surface area is 113 Å². The van der Waals surface area contributed by atoms with Gasteiger partial charge in [0.15, 0.2) is 5.76 Å². The summed E-state index contributed by atoms with van der Waals surface area (Å²) in [5.41, 5.74) is 8.29. The van der Waals surface area contributed by atoms with E-state index in [1.54, 1.807) is 12.3 Å². The molecular formula is C15H20N2O2. The van der Waals surface area contributed by atoms with Crippen molar-refractivity contribution in [2.45, 2.75) is 39.3 Å². The molecule has 0 radical (unpaired) electrons. The van der Waals surface area contributed by atoms with Crippen LogP contribution in [0.2, 0.25) is 0 Å². The van der Waals surface area contributed by atoms with Crippen molar-refractivity contribution >= 4 is 0 Å². The van der Waals surface area contributed by atoms with Crippen LogP contribution in [0.3, 0.4) is 0 Å². The fourth-order valence-electron chi connectivity index (χ4n) is 1.97. The van der Waals surface area contributed by atoms with Crippen molar-refractivity contribution < 1.29 is 9.26 Å². The molecule has 1 unspecified atom stereocenters. The van der Waals surface area contributed by atoms with Gasteiger partial charge in [0.25, 0.3) is 0 Å². The van der Waals surface area contributed by atoms with Crippen LogP contribution < -0.4 is 10.5 Å². The molecule has 1 heterocycles. The van der Waals surface area contributed by atoms with Crippen LogP contribution in [0.5, 0.6) is 5.75 Å². The van der Waals surface area contributed by atoms with Gasteiger partial charge in [-0.1, -0.05) is 30.3 Å². The summed E-state index contributed by atoms with van der Waals surface area (Å²) in [6.45, 7) is 4.52. The molecule has 4 nitrogen and oxygen atoms in total. The second kappa shape index (κ2) is 6.38. The van der Waals surface area contributed by atoms with Gasteiger partial charge in [0.1, 0.15) is 12.4 Å². The highest BCUT2D eigenvalue weighted by atomic mass is 16.5. The second-order valence-corrected chi connectivity index (χ2v) is 4.70. The summed E-state index contributed by atoms with van der Waals surface area (Å²) in [5, 5.41) is 3.67. The molecule has 0 aliphatic rings. The molecule has 2 aromatic rings. The molecule has 2 rings (SSSR count). The van der Waals surface area contributed by atoms with E-state index in [9.17, 15) is 0 Å². The summed E-state index contributed by atoms with van der Waals surface area (Å²) in [5.74, 6) is 1.62. The van der Waals surface area contributed by atoms with E-state index in [0.717, 1.165) is 29.7 Å². The summed E-state index contributed by atoms with van der Waals surface area (Å²) >= 11 is 0. The number of para-hydroxylation sites is 1. The summed E-state index contributed by atoms with van der Waals surface area (Å²) in [6, 6.07) is 8.10. The standard InChI is InChI=1S/C15H20N2O2/c1-3-13(16)9-12-6-4-5-11(2)15(12)18-10-14-7-8-17-19-14/h4-8,13H,3,9-10,16H2,1-2H3. The van der Waals surface area contributed by atoms with Crippen molar-refractivity contribution in [3.63, 3.8) is 0 Å². The van der Waals surface area contributed by atoms with Crippen LogP contribution in [0.25, 0.3) is 0 Å². The topological polar surface area (TPSA) is 61.3 Å². The largest absolute Gasteiger partial charge is 0.485 e. The molecule has 0 spiro atoms. The summed E-state index contributed by atoms with van der Waals surface area (Å²) in [4.78, 5) is 0. The summed E-state index contributed by atoms with van der Waals surface area (Å²) in [6.07, 6.45) is 3.39. The Kier molecular flexibility index (Phi) is 4.58. The molecule has 102 valence electrons. The smallest absolute Gasteiger partial charge is 0.174 e. The molecular weight excluding hydrogens is 240 g/mol. The Bertz CT molecular complexity index is 509. The van der Waals surface area contributed by atoms with Gasteiger partial charge in [-0.25, -0.2) is 0 Å². The van der Waals surface area contributed by atoms with Crippen LogP contribution >= 0.6 is 0 Å². The fourth-order valence-corrected chi connectivity index (χ4v) is 1.97. The van der Waals surface area contributed by atoms with Gasteiger partial charge in [0, 0.05) is 12.1 Å². The molecule has 1 aromatic heterocycles. The van der Waals surface area contributed by atoms with E-state index in [-0.39, 0.29) is 6.04 Å². The molecule has 0 bridgehead atoms. The molecule has 1 atom stereocenters. The van der Waals surface area contributed by atoms with Gasteiger partial charge in [-0.05, 0) is 30.9 Å². The fraction of sp³-hybridized carbons (Fsp3) is 0.400. The number of rotatable bonds is 6. The minimum absolute atomic E-state index is 0.162. The van der Waals surface area contributed by atoms with E-state index >= 15 is 0 Å². The number of aryl methyl sites for hydroxylation is 1. The van der Waals surface area contributed by atoms with E-state index in [4.69, 9.17) is 15.0 Å². The van der Waals surface area contributed by atoms with Gasteiger partial charge >= 0.3 is 0 Å². The highest BCUT2D eigenvalue weighted by Crippen LogP contribution is 2.25. The predicted molar refractivity (Wildman–Crippen MR) is 74.0 cm³/mol. The average molecular weight is 260 g/mol. The van der Waals surface area contributed by atoms with E-state index in [2.05, 4.69) is 18.1 Å². The monoisotopic (exact) mass is 260 g/mol. The Hall–Kier alpha value is -1.81. The minimum Gasteiger partial charge on any atom is -0.485 e. The van der Waals surface area contributed by atoms with Crippen molar-refractivity contribution in [3.05, 3.63) is 47.3 Å². The first kappa shape index (κ1) is 13.6. The van der Waals surface area contributed by atoms with Crippen LogP contribution in [0.1, 0.15) is 30.2 Å². The molecule has 2 N–H and O–H groups in total. The summed E-state index contributed by atoms with van der Waals surface area (Å²) < 4.78 is 10.9. The Morgan fingerprint density at radius 1 is 1.37 bits per heavy atom. The zero-order chi connectivity index (χ0) is 13.7. The van der Waals surface area contributed by atoms with Crippen LogP contribution in [-0.2, 0) is 13.0 Å². The van der Waals surface area contributed by atoms with Crippen LogP contribution in [0, 0.1) is 6.92 Å². The first-order chi connectivity index (χ1) is 9.20. The quantitative estimate of drug-likeness (QED) is 0.867. The lowest BCUT2D eigenvalue weighted by Gasteiger charge is -2.15. The third-order valence-corrected chi connectivity index (χ3v) is 3.15. The summed E-state index contributed by atoms with van der Waals surface area (Å²) in [7, 11) is 0. The second-order valence-electron chi connectivity index (χ2n) is 4.70. The van der Waals surface area contributed by atoms with Crippen LogP contribution in [0.15, 0.2) is 35.0 Å². The molecule has 0 amide bonds. The van der Waals surface area contributed by atoms with Crippen LogP contribution in [0.4, 0.5) is 0 Å². The van der Waals surface area contributed by atoms with E-state index in [0.29, 0.717) is 12.4 Å². The van der Waals surface area contributed by atoms with Crippen molar-refractivity contribution in [3.8, 4) is 5.75 Å². The third kappa shape index (κ3) is 3.58. The number of hydrogen-bond donors (Lipinski definition) is 1. The van der Waals surface area contributed by atoms with Gasteiger partial charge in [-0.2, -0.15) is 0 Å². The van der Waals surface area contributed by atoms with Gasteiger partial charge < -0.3 is 15.0 Å². The normalized spacial score (nSPS) is 12.4. The molecule has 0 aliphatic heterocycles. The lowest BCUT2D eigenvalue weighted by molar-refractivity contribution is 0.246. The van der Waals surface area contributed by atoms with Crippen molar-refractivity contribution in [1.82, 2.24) is 5.16 Å². The maximum atomic E-state index is 6.03. The molecule has 0 aliphatic carbocycles. The number of nitrogens with zero attached hydrogens (tertiary/aromatic N) is 1. The molecule has 1 aromatic carbocycles. The Morgan fingerprint density at radius 3 is 2.89 bits per heavy atom. The van der Waals surface area contributed by atoms with Gasteiger partial charge in [-0.15, -0.1) is 0 Å². The SMILES string of the molecule is CCC(N)Cc1cccc(C)c1OCc1ccno1. The number of nitrogens with two attached hydrogens (primary N) is 1.